The zero-order valence-corrected chi connectivity index (χ0v) is 13.3. The molecular weight excluding hydrogens is 274 g/mol. The summed E-state index contributed by atoms with van der Waals surface area (Å²) in [6.45, 7) is 2.70. The number of aryl methyl sites for hydroxylation is 1. The van der Waals surface area contributed by atoms with E-state index in [1.165, 1.54) is 39.2 Å². The summed E-state index contributed by atoms with van der Waals surface area (Å²) < 4.78 is 6.91. The summed E-state index contributed by atoms with van der Waals surface area (Å²) in [4.78, 5) is 15.9. The van der Waals surface area contributed by atoms with Crippen molar-refractivity contribution in [2.45, 2.75) is 50.3 Å². The van der Waals surface area contributed by atoms with E-state index in [0.29, 0.717) is 5.82 Å². The highest BCUT2D eigenvalue weighted by Crippen LogP contribution is 2.40. The van der Waals surface area contributed by atoms with Crippen molar-refractivity contribution >= 4 is 23.5 Å². The van der Waals surface area contributed by atoms with Gasteiger partial charge in [-0.1, -0.05) is 19.3 Å². The summed E-state index contributed by atoms with van der Waals surface area (Å²) in [7, 11) is 1.35. The molecule has 0 amide bonds. The molecule has 20 heavy (non-hydrogen) atoms. The van der Waals surface area contributed by atoms with Crippen molar-refractivity contribution in [1.82, 2.24) is 9.55 Å². The van der Waals surface area contributed by atoms with Crippen molar-refractivity contribution in [3.63, 3.8) is 0 Å². The summed E-state index contributed by atoms with van der Waals surface area (Å²) in [6, 6.07) is 0. The van der Waals surface area contributed by atoms with Gasteiger partial charge in [-0.25, -0.2) is 9.78 Å². The van der Waals surface area contributed by atoms with Crippen LogP contribution in [0.1, 0.15) is 48.4 Å². The van der Waals surface area contributed by atoms with Crippen molar-refractivity contribution in [2.24, 2.45) is 0 Å². The lowest BCUT2D eigenvalue weighted by atomic mass is 9.88. The van der Waals surface area contributed by atoms with Crippen LogP contribution in [0, 0.1) is 6.92 Å². The van der Waals surface area contributed by atoms with Gasteiger partial charge in [0.2, 0.25) is 0 Å². The molecule has 0 aliphatic heterocycles. The van der Waals surface area contributed by atoms with Crippen LogP contribution >= 0.6 is 11.8 Å². The molecule has 2 rings (SSSR count). The Hall–Kier alpha value is -1.17. The van der Waals surface area contributed by atoms with Crippen molar-refractivity contribution < 1.29 is 9.53 Å². The van der Waals surface area contributed by atoms with Crippen molar-refractivity contribution in [2.75, 3.05) is 19.1 Å². The van der Waals surface area contributed by atoms with Gasteiger partial charge in [0, 0.05) is 11.3 Å². The van der Waals surface area contributed by atoms with Gasteiger partial charge in [0.15, 0.2) is 5.69 Å². The standard InChI is InChI=1S/C14H23N3O2S/c1-10-16-11(13(18)19-2)12(15)17(10)9-14(20-3)7-5-4-6-8-14/h4-9,15H2,1-3H3. The number of methoxy groups -OCH3 is 1. The maximum Gasteiger partial charge on any atom is 0.360 e. The zero-order valence-electron chi connectivity index (χ0n) is 12.4. The number of esters is 1. The van der Waals surface area contributed by atoms with Gasteiger partial charge in [0.1, 0.15) is 11.6 Å². The second-order valence-corrected chi connectivity index (χ2v) is 6.69. The Morgan fingerprint density at radius 1 is 1.45 bits per heavy atom. The van der Waals surface area contributed by atoms with Crippen LogP contribution in [0.5, 0.6) is 0 Å². The average molecular weight is 297 g/mol. The Kier molecular flexibility index (Phi) is 4.62. The summed E-state index contributed by atoms with van der Waals surface area (Å²) in [5.74, 6) is 0.737. The van der Waals surface area contributed by atoms with Gasteiger partial charge < -0.3 is 15.0 Å². The molecule has 0 bridgehead atoms. The van der Waals surface area contributed by atoms with Gasteiger partial charge >= 0.3 is 5.97 Å². The normalized spacial score (nSPS) is 17.9. The molecule has 1 aliphatic rings. The molecule has 1 aliphatic carbocycles. The molecule has 2 N–H and O–H groups in total. The van der Waals surface area contributed by atoms with Crippen LogP contribution in [0.3, 0.4) is 0 Å². The van der Waals surface area contributed by atoms with E-state index in [1.54, 1.807) is 0 Å². The maximum absolute atomic E-state index is 11.7. The number of nitrogens with two attached hydrogens (primary N) is 1. The van der Waals surface area contributed by atoms with Crippen LogP contribution in [0.4, 0.5) is 5.82 Å². The van der Waals surface area contributed by atoms with Gasteiger partial charge in [0.05, 0.1) is 7.11 Å². The topological polar surface area (TPSA) is 70.1 Å². The number of thioether (sulfide) groups is 1. The van der Waals surface area contributed by atoms with Crippen molar-refractivity contribution in [1.29, 1.82) is 0 Å². The highest BCUT2D eigenvalue weighted by atomic mass is 32.2. The van der Waals surface area contributed by atoms with E-state index in [9.17, 15) is 4.79 Å². The number of anilines is 1. The molecule has 0 spiro atoms. The van der Waals surface area contributed by atoms with Crippen LogP contribution in [0.2, 0.25) is 0 Å². The van der Waals surface area contributed by atoms with E-state index in [-0.39, 0.29) is 10.4 Å². The van der Waals surface area contributed by atoms with E-state index < -0.39 is 5.97 Å². The first-order valence-electron chi connectivity index (χ1n) is 6.99. The first kappa shape index (κ1) is 15.2. The molecule has 1 aromatic heterocycles. The van der Waals surface area contributed by atoms with E-state index in [2.05, 4.69) is 11.2 Å². The van der Waals surface area contributed by atoms with Gasteiger partial charge in [-0.15, -0.1) is 0 Å². The highest BCUT2D eigenvalue weighted by molar-refractivity contribution is 8.00. The summed E-state index contributed by atoms with van der Waals surface area (Å²) in [5.41, 5.74) is 6.34. The fourth-order valence-corrected chi connectivity index (χ4v) is 3.89. The third-order valence-corrected chi connectivity index (χ3v) is 5.62. The third-order valence-electron chi connectivity index (χ3n) is 4.22. The lowest BCUT2D eigenvalue weighted by molar-refractivity contribution is 0.0595. The first-order chi connectivity index (χ1) is 9.53. The van der Waals surface area contributed by atoms with Crippen LogP contribution in [0.15, 0.2) is 0 Å². The Balaban J connectivity index is 2.28. The SMILES string of the molecule is COC(=O)c1nc(C)n(CC2(SC)CCCCC2)c1N. The van der Waals surface area contributed by atoms with Crippen molar-refractivity contribution in [3.8, 4) is 0 Å². The molecule has 0 unspecified atom stereocenters. The zero-order chi connectivity index (χ0) is 14.8. The van der Waals surface area contributed by atoms with Crippen LogP contribution in [0.25, 0.3) is 0 Å². The quantitative estimate of drug-likeness (QED) is 0.865. The minimum absolute atomic E-state index is 0.214. The summed E-state index contributed by atoms with van der Waals surface area (Å²) in [6.07, 6.45) is 8.39. The van der Waals surface area contributed by atoms with Crippen LogP contribution < -0.4 is 5.73 Å². The van der Waals surface area contributed by atoms with Crippen LogP contribution in [-0.2, 0) is 11.3 Å². The number of carbonyl (C=O) groups is 1. The number of carbonyl (C=O) groups excluding carboxylic acids is 1. The van der Waals surface area contributed by atoms with Gasteiger partial charge in [-0.3, -0.25) is 0 Å². The smallest absolute Gasteiger partial charge is 0.360 e. The fraction of sp³-hybridized carbons (Fsp3) is 0.714. The number of imidazole rings is 1. The monoisotopic (exact) mass is 297 g/mol. The van der Waals surface area contributed by atoms with E-state index in [0.717, 1.165) is 12.4 Å². The molecule has 1 saturated carbocycles. The third kappa shape index (κ3) is 2.80. The fourth-order valence-electron chi connectivity index (χ4n) is 2.94. The van der Waals surface area contributed by atoms with Gasteiger partial charge in [-0.05, 0) is 26.0 Å². The van der Waals surface area contributed by atoms with Gasteiger partial charge in [0.25, 0.3) is 0 Å². The minimum Gasteiger partial charge on any atom is -0.464 e. The number of nitrogens with zero attached hydrogens (tertiary/aromatic N) is 2. The first-order valence-corrected chi connectivity index (χ1v) is 8.21. The number of aromatic nitrogens is 2. The molecule has 1 aromatic rings. The summed E-state index contributed by atoms with van der Waals surface area (Å²) >= 11 is 1.91. The average Bonchev–Trinajstić information content (AvgIpc) is 2.75. The van der Waals surface area contributed by atoms with E-state index in [1.807, 2.05) is 23.3 Å². The summed E-state index contributed by atoms with van der Waals surface area (Å²) in [5, 5.41) is 0. The predicted octanol–water partition coefficient (Wildman–Crippen LogP) is 2.63. The molecule has 1 fully saturated rings. The van der Waals surface area contributed by atoms with E-state index >= 15 is 0 Å². The maximum atomic E-state index is 11.7. The molecule has 5 nitrogen and oxygen atoms in total. The second-order valence-electron chi connectivity index (χ2n) is 5.42. The van der Waals surface area contributed by atoms with Crippen molar-refractivity contribution in [3.05, 3.63) is 11.5 Å². The highest BCUT2D eigenvalue weighted by Gasteiger charge is 2.33. The lowest BCUT2D eigenvalue weighted by Gasteiger charge is -2.36. The molecule has 0 radical (unpaired) electrons. The molecule has 6 heteroatoms. The number of hydrogen-bond acceptors (Lipinski definition) is 5. The Morgan fingerprint density at radius 3 is 2.65 bits per heavy atom. The number of rotatable bonds is 4. The Morgan fingerprint density at radius 2 is 2.10 bits per heavy atom. The molecule has 1 heterocycles. The molecule has 0 aromatic carbocycles. The number of hydrogen-bond donors (Lipinski definition) is 1. The Bertz CT molecular complexity index is 493. The predicted molar refractivity (Wildman–Crippen MR) is 82.0 cm³/mol. The minimum atomic E-state index is -0.466. The molecule has 112 valence electrons. The lowest BCUT2D eigenvalue weighted by Crippen LogP contribution is -2.33. The second kappa shape index (κ2) is 6.08. The number of nitrogen functional groups attached to an aromatic ring is 1. The van der Waals surface area contributed by atoms with Gasteiger partial charge in [-0.2, -0.15) is 11.8 Å². The molecular formula is C14H23N3O2S. The Labute approximate surface area is 124 Å². The molecule has 0 atom stereocenters. The van der Waals surface area contributed by atoms with Crippen LogP contribution in [-0.4, -0.2) is 33.6 Å². The molecule has 0 saturated heterocycles. The number of ether oxygens (including phenoxy) is 1. The largest absolute Gasteiger partial charge is 0.464 e. The van der Waals surface area contributed by atoms with E-state index in [4.69, 9.17) is 10.5 Å².